The van der Waals surface area contributed by atoms with E-state index in [2.05, 4.69) is 5.32 Å². The molecule has 0 aliphatic carbocycles. The Morgan fingerprint density at radius 1 is 1.69 bits per heavy atom. The van der Waals surface area contributed by atoms with Crippen LogP contribution >= 0.6 is 0 Å². The number of furan rings is 1. The smallest absolute Gasteiger partial charge is 0.221 e. The van der Waals surface area contributed by atoms with Gasteiger partial charge in [0, 0.05) is 26.1 Å². The summed E-state index contributed by atoms with van der Waals surface area (Å²) in [5.74, 6) is 0.875. The highest BCUT2D eigenvalue weighted by Crippen LogP contribution is 2.08. The molecule has 0 aromatic carbocycles. The maximum Gasteiger partial charge on any atom is 0.221 e. The first kappa shape index (κ1) is 12.7. The second-order valence-corrected chi connectivity index (χ2v) is 3.76. The Labute approximate surface area is 95.6 Å². The van der Waals surface area contributed by atoms with Crippen molar-refractivity contribution in [1.29, 1.82) is 0 Å². The first-order valence-electron chi connectivity index (χ1n) is 5.30. The highest BCUT2D eigenvalue weighted by molar-refractivity contribution is 5.76. The first-order chi connectivity index (χ1) is 7.67. The zero-order valence-corrected chi connectivity index (χ0v) is 9.77. The van der Waals surface area contributed by atoms with Crippen LogP contribution in [0.1, 0.15) is 12.2 Å². The molecule has 1 aromatic rings. The zero-order chi connectivity index (χ0) is 12.0. The number of nitrogens with one attached hydrogen (secondary N) is 1. The van der Waals surface area contributed by atoms with Crippen LogP contribution in [-0.4, -0.2) is 37.5 Å². The Morgan fingerprint density at radius 3 is 2.94 bits per heavy atom. The number of amides is 1. The van der Waals surface area contributed by atoms with Gasteiger partial charge in [-0.25, -0.2) is 0 Å². The average molecular weight is 225 g/mol. The lowest BCUT2D eigenvalue weighted by Gasteiger charge is -2.25. The Hall–Kier alpha value is -1.33. The second-order valence-electron chi connectivity index (χ2n) is 3.76. The van der Waals surface area contributed by atoms with Crippen molar-refractivity contribution in [2.45, 2.75) is 19.0 Å². The molecule has 0 aliphatic heterocycles. The van der Waals surface area contributed by atoms with Gasteiger partial charge >= 0.3 is 0 Å². The Bertz CT molecular complexity index is 311. The van der Waals surface area contributed by atoms with Gasteiger partial charge in [0.1, 0.15) is 5.76 Å². The Morgan fingerprint density at radius 2 is 2.44 bits per heavy atom. The summed E-state index contributed by atoms with van der Waals surface area (Å²) in [6.45, 7) is 1.11. The summed E-state index contributed by atoms with van der Waals surface area (Å²) < 4.78 is 5.25. The van der Waals surface area contributed by atoms with E-state index in [1.54, 1.807) is 13.3 Å². The third kappa shape index (κ3) is 3.67. The molecule has 1 rings (SSSR count). The van der Waals surface area contributed by atoms with Crippen molar-refractivity contribution < 1.29 is 9.21 Å². The normalized spacial score (nSPS) is 12.8. The highest BCUT2D eigenvalue weighted by atomic mass is 16.3. The number of carbonyl (C=O) groups excluding carboxylic acids is 1. The van der Waals surface area contributed by atoms with Crippen LogP contribution in [0.2, 0.25) is 0 Å². The third-order valence-corrected chi connectivity index (χ3v) is 2.58. The summed E-state index contributed by atoms with van der Waals surface area (Å²) in [4.78, 5) is 13.3. The fraction of sp³-hybridized carbons (Fsp3) is 0.545. The number of rotatable bonds is 6. The predicted octanol–water partition coefficient (Wildman–Crippen LogP) is 0.175. The first-order valence-corrected chi connectivity index (χ1v) is 5.30. The highest BCUT2D eigenvalue weighted by Gasteiger charge is 2.17. The molecule has 1 atom stereocenters. The predicted molar refractivity (Wildman–Crippen MR) is 61.7 cm³/mol. The van der Waals surface area contributed by atoms with Gasteiger partial charge in [0.2, 0.25) is 5.91 Å². The van der Waals surface area contributed by atoms with Crippen LogP contribution in [0.3, 0.4) is 0 Å². The van der Waals surface area contributed by atoms with E-state index in [0.29, 0.717) is 19.5 Å². The van der Waals surface area contributed by atoms with Gasteiger partial charge < -0.3 is 15.5 Å². The number of carbonyl (C=O) groups is 1. The van der Waals surface area contributed by atoms with Crippen molar-refractivity contribution in [2.75, 3.05) is 20.6 Å². The van der Waals surface area contributed by atoms with Crippen LogP contribution in [0.4, 0.5) is 0 Å². The molecule has 0 saturated carbocycles. The quantitative estimate of drug-likeness (QED) is 0.724. The maximum atomic E-state index is 11.3. The summed E-state index contributed by atoms with van der Waals surface area (Å²) in [6, 6.07) is 3.79. The third-order valence-electron chi connectivity index (χ3n) is 2.58. The molecular formula is C11H19N3O2. The lowest BCUT2D eigenvalue weighted by Crippen LogP contribution is -2.40. The molecule has 1 unspecified atom stereocenters. The SMILES string of the molecule is CNC(=O)CC(CN)N(C)Cc1ccco1. The van der Waals surface area contributed by atoms with Crippen molar-refractivity contribution in [3.05, 3.63) is 24.2 Å². The molecule has 0 saturated heterocycles. The van der Waals surface area contributed by atoms with Gasteiger partial charge in [-0.1, -0.05) is 0 Å². The van der Waals surface area contributed by atoms with E-state index in [0.717, 1.165) is 5.76 Å². The monoisotopic (exact) mass is 225 g/mol. The molecule has 1 heterocycles. The second kappa shape index (κ2) is 6.30. The van der Waals surface area contributed by atoms with Gasteiger partial charge in [0.05, 0.1) is 12.8 Å². The summed E-state index contributed by atoms with van der Waals surface area (Å²) in [5.41, 5.74) is 5.65. The lowest BCUT2D eigenvalue weighted by molar-refractivity contribution is -0.121. The summed E-state index contributed by atoms with van der Waals surface area (Å²) in [5, 5.41) is 2.60. The fourth-order valence-electron chi connectivity index (χ4n) is 1.51. The largest absolute Gasteiger partial charge is 0.468 e. The maximum absolute atomic E-state index is 11.3. The molecule has 0 bridgehead atoms. The van der Waals surface area contributed by atoms with Crippen molar-refractivity contribution in [2.24, 2.45) is 5.73 Å². The Balaban J connectivity index is 2.49. The molecule has 0 spiro atoms. The minimum atomic E-state index is 0.00162. The molecule has 0 aliphatic rings. The Kier molecular flexibility index (Phi) is 5.01. The number of hydrogen-bond acceptors (Lipinski definition) is 4. The fourth-order valence-corrected chi connectivity index (χ4v) is 1.51. The molecule has 5 nitrogen and oxygen atoms in total. The summed E-state index contributed by atoms with van der Waals surface area (Å²) in [6.07, 6.45) is 2.05. The molecule has 0 fully saturated rings. The van der Waals surface area contributed by atoms with E-state index in [-0.39, 0.29) is 11.9 Å². The van der Waals surface area contributed by atoms with Gasteiger partial charge in [-0.15, -0.1) is 0 Å². The minimum Gasteiger partial charge on any atom is -0.468 e. The molecule has 1 aromatic heterocycles. The van der Waals surface area contributed by atoms with E-state index in [9.17, 15) is 4.79 Å². The van der Waals surface area contributed by atoms with Crippen molar-refractivity contribution in [1.82, 2.24) is 10.2 Å². The standard InChI is InChI=1S/C11H19N3O2/c1-13-11(15)6-9(7-12)14(2)8-10-4-3-5-16-10/h3-5,9H,6-8,12H2,1-2H3,(H,13,15). The molecule has 0 radical (unpaired) electrons. The van der Waals surface area contributed by atoms with Crippen LogP contribution in [0.5, 0.6) is 0 Å². The molecule has 90 valence electrons. The van der Waals surface area contributed by atoms with Crippen LogP contribution in [0.25, 0.3) is 0 Å². The van der Waals surface area contributed by atoms with E-state index < -0.39 is 0 Å². The number of nitrogens with zero attached hydrogens (tertiary/aromatic N) is 1. The van der Waals surface area contributed by atoms with Crippen LogP contribution in [-0.2, 0) is 11.3 Å². The van der Waals surface area contributed by atoms with E-state index in [1.165, 1.54) is 0 Å². The van der Waals surface area contributed by atoms with Crippen molar-refractivity contribution in [3.63, 3.8) is 0 Å². The van der Waals surface area contributed by atoms with E-state index >= 15 is 0 Å². The van der Waals surface area contributed by atoms with Crippen LogP contribution in [0.15, 0.2) is 22.8 Å². The zero-order valence-electron chi connectivity index (χ0n) is 9.77. The van der Waals surface area contributed by atoms with Gasteiger partial charge in [-0.05, 0) is 19.2 Å². The average Bonchev–Trinajstić information content (AvgIpc) is 2.77. The molecule has 16 heavy (non-hydrogen) atoms. The molecular weight excluding hydrogens is 206 g/mol. The lowest BCUT2D eigenvalue weighted by atomic mass is 10.1. The van der Waals surface area contributed by atoms with E-state index in [4.69, 9.17) is 10.2 Å². The van der Waals surface area contributed by atoms with Gasteiger partial charge in [0.15, 0.2) is 0 Å². The van der Waals surface area contributed by atoms with Gasteiger partial charge in [0.25, 0.3) is 0 Å². The van der Waals surface area contributed by atoms with Crippen LogP contribution in [0, 0.1) is 0 Å². The topological polar surface area (TPSA) is 71.5 Å². The molecule has 5 heteroatoms. The van der Waals surface area contributed by atoms with Gasteiger partial charge in [-0.2, -0.15) is 0 Å². The van der Waals surface area contributed by atoms with Crippen molar-refractivity contribution in [3.8, 4) is 0 Å². The van der Waals surface area contributed by atoms with E-state index in [1.807, 2.05) is 24.1 Å². The molecule has 1 amide bonds. The summed E-state index contributed by atoms with van der Waals surface area (Å²) >= 11 is 0. The number of likely N-dealkylation sites (N-methyl/N-ethyl adjacent to an activating group) is 1. The number of hydrogen-bond donors (Lipinski definition) is 2. The van der Waals surface area contributed by atoms with Crippen molar-refractivity contribution >= 4 is 5.91 Å². The molecule has 3 N–H and O–H groups in total. The summed E-state index contributed by atoms with van der Waals surface area (Å²) in [7, 11) is 3.56. The van der Waals surface area contributed by atoms with Crippen LogP contribution < -0.4 is 11.1 Å². The minimum absolute atomic E-state index is 0.00162. The number of nitrogens with two attached hydrogens (primary N) is 1. The van der Waals surface area contributed by atoms with Gasteiger partial charge in [-0.3, -0.25) is 9.69 Å².